The molecule has 2 aliphatic carbocycles. The summed E-state index contributed by atoms with van der Waals surface area (Å²) in [7, 11) is 4.29. The Labute approximate surface area is 139 Å². The van der Waals surface area contributed by atoms with Crippen molar-refractivity contribution in [3.05, 3.63) is 76.9 Å². The van der Waals surface area contributed by atoms with Crippen LogP contribution in [0.1, 0.15) is 30.0 Å². The van der Waals surface area contributed by atoms with Gasteiger partial charge < -0.3 is 4.90 Å². The Bertz CT molecular complexity index is 824. The van der Waals surface area contributed by atoms with Crippen LogP contribution in [0.3, 0.4) is 0 Å². The Balaban J connectivity index is 1.64. The Morgan fingerprint density at radius 2 is 1.74 bits per heavy atom. The molecule has 0 saturated heterocycles. The summed E-state index contributed by atoms with van der Waals surface area (Å²) in [5.41, 5.74) is 10.0. The summed E-state index contributed by atoms with van der Waals surface area (Å²) in [6.45, 7) is 2.27. The zero-order chi connectivity index (χ0) is 16.0. The van der Waals surface area contributed by atoms with Gasteiger partial charge in [0.05, 0.1) is 0 Å². The minimum absolute atomic E-state index is 0.478. The minimum atomic E-state index is 0.478. The first-order chi connectivity index (χ1) is 11.1. The molecule has 0 radical (unpaired) electrons. The second-order valence-corrected chi connectivity index (χ2v) is 6.92. The summed E-state index contributed by atoms with van der Waals surface area (Å²) in [5, 5.41) is 0. The highest BCUT2D eigenvalue weighted by atomic mass is 15.1. The fourth-order valence-electron chi connectivity index (χ4n) is 3.68. The van der Waals surface area contributed by atoms with Crippen LogP contribution >= 0.6 is 0 Å². The maximum Gasteiger partial charge on any atom is 0.0310 e. The van der Waals surface area contributed by atoms with Crippen LogP contribution in [0.5, 0.6) is 0 Å². The normalized spacial score (nSPS) is 16.9. The Kier molecular flexibility index (Phi) is 3.46. The van der Waals surface area contributed by atoms with E-state index in [-0.39, 0.29) is 0 Å². The van der Waals surface area contributed by atoms with Gasteiger partial charge in [0.2, 0.25) is 0 Å². The first-order valence-corrected chi connectivity index (χ1v) is 8.42. The average molecular weight is 301 g/mol. The van der Waals surface area contributed by atoms with Gasteiger partial charge in [0.15, 0.2) is 0 Å². The summed E-state index contributed by atoms with van der Waals surface area (Å²) >= 11 is 0. The van der Waals surface area contributed by atoms with Crippen LogP contribution in [-0.2, 0) is 6.42 Å². The lowest BCUT2D eigenvalue weighted by molar-refractivity contribution is 0.355. The van der Waals surface area contributed by atoms with Crippen molar-refractivity contribution in [3.8, 4) is 11.1 Å². The summed E-state index contributed by atoms with van der Waals surface area (Å²) in [4.78, 5) is 2.27. The summed E-state index contributed by atoms with van der Waals surface area (Å²) in [6, 6.07) is 16.3. The molecule has 2 aromatic rings. The highest BCUT2D eigenvalue weighted by molar-refractivity contribution is 5.81. The third-order valence-corrected chi connectivity index (χ3v) is 5.32. The third kappa shape index (κ3) is 2.46. The lowest BCUT2D eigenvalue weighted by atomic mass is 9.98. The van der Waals surface area contributed by atoms with Gasteiger partial charge in [-0.25, -0.2) is 0 Å². The molecule has 0 bridgehead atoms. The molecule has 0 heterocycles. The summed E-state index contributed by atoms with van der Waals surface area (Å²) in [6.07, 6.45) is 6.89. The number of hydrogen-bond acceptors (Lipinski definition) is 1. The molecule has 0 N–H and O–H groups in total. The van der Waals surface area contributed by atoms with E-state index in [1.165, 1.54) is 39.0 Å². The van der Waals surface area contributed by atoms with Gasteiger partial charge in [-0.3, -0.25) is 0 Å². The van der Waals surface area contributed by atoms with E-state index in [9.17, 15) is 0 Å². The van der Waals surface area contributed by atoms with Gasteiger partial charge in [0.1, 0.15) is 0 Å². The predicted molar refractivity (Wildman–Crippen MR) is 98.5 cm³/mol. The van der Waals surface area contributed by atoms with Gasteiger partial charge >= 0.3 is 0 Å². The van der Waals surface area contributed by atoms with Crippen molar-refractivity contribution in [2.24, 2.45) is 0 Å². The lowest BCUT2D eigenvalue weighted by Gasteiger charge is -2.19. The van der Waals surface area contributed by atoms with Crippen molar-refractivity contribution in [1.29, 1.82) is 0 Å². The van der Waals surface area contributed by atoms with Crippen LogP contribution in [0.2, 0.25) is 0 Å². The van der Waals surface area contributed by atoms with Crippen LogP contribution in [0, 0.1) is 0 Å². The van der Waals surface area contributed by atoms with E-state index >= 15 is 0 Å². The van der Waals surface area contributed by atoms with Crippen LogP contribution in [0.4, 0.5) is 0 Å². The quantitative estimate of drug-likeness (QED) is 0.663. The minimum Gasteiger partial charge on any atom is -0.303 e. The van der Waals surface area contributed by atoms with Crippen LogP contribution in [-0.4, -0.2) is 25.0 Å². The summed E-state index contributed by atoms with van der Waals surface area (Å²) < 4.78 is 0. The smallest absolute Gasteiger partial charge is 0.0310 e. The maximum atomic E-state index is 2.40. The second kappa shape index (κ2) is 5.50. The Hall–Kier alpha value is -2.12. The van der Waals surface area contributed by atoms with Gasteiger partial charge in [0, 0.05) is 6.04 Å². The Morgan fingerprint density at radius 1 is 0.957 bits per heavy atom. The molecule has 23 heavy (non-hydrogen) atoms. The van der Waals surface area contributed by atoms with E-state index < -0.39 is 0 Å². The van der Waals surface area contributed by atoms with Crippen molar-refractivity contribution in [1.82, 2.24) is 4.90 Å². The number of likely N-dealkylation sites (N-methyl/N-ethyl adjacent to an activating group) is 1. The van der Waals surface area contributed by atoms with E-state index in [0.717, 1.165) is 12.8 Å². The van der Waals surface area contributed by atoms with Gasteiger partial charge in [-0.15, -0.1) is 0 Å². The molecule has 0 spiro atoms. The molecular weight excluding hydrogens is 278 g/mol. The second-order valence-electron chi connectivity index (χ2n) is 6.92. The van der Waals surface area contributed by atoms with E-state index in [0.29, 0.717) is 6.04 Å². The first-order valence-electron chi connectivity index (χ1n) is 8.42. The first kappa shape index (κ1) is 14.5. The maximum absolute atomic E-state index is 2.40. The molecule has 1 unspecified atom stereocenters. The Morgan fingerprint density at radius 3 is 2.57 bits per heavy atom. The van der Waals surface area contributed by atoms with Crippen molar-refractivity contribution in [2.45, 2.75) is 25.8 Å². The number of hydrogen-bond donors (Lipinski definition) is 0. The molecule has 2 aromatic carbocycles. The molecular formula is C22H23N. The molecule has 4 rings (SSSR count). The number of fused-ring (bicyclic) bond motifs is 3. The van der Waals surface area contributed by atoms with Crippen molar-refractivity contribution in [2.75, 3.05) is 14.1 Å². The predicted octanol–water partition coefficient (Wildman–Crippen LogP) is 4.92. The number of benzene rings is 2. The zero-order valence-corrected chi connectivity index (χ0v) is 14.1. The van der Waals surface area contributed by atoms with Gasteiger partial charge in [-0.05, 0) is 72.8 Å². The monoisotopic (exact) mass is 301 g/mol. The highest BCUT2D eigenvalue weighted by Crippen LogP contribution is 2.39. The molecule has 2 aliphatic rings. The standard InChI is InChI=1S/C22H23N/c1-15(23(2)3)16-8-9-17(12-16)18-10-11-22-20(13-18)14-19-6-4-5-7-21(19)22/h4-8,10-13,15H,9,14H2,1-3H3. The van der Waals surface area contributed by atoms with E-state index in [1.54, 1.807) is 0 Å². The molecule has 0 fully saturated rings. The fraction of sp³-hybridized carbons (Fsp3) is 0.273. The topological polar surface area (TPSA) is 3.24 Å². The van der Waals surface area contributed by atoms with Crippen molar-refractivity contribution >= 4 is 5.57 Å². The molecule has 0 saturated carbocycles. The van der Waals surface area contributed by atoms with Crippen molar-refractivity contribution in [3.63, 3.8) is 0 Å². The SMILES string of the molecule is CC(C1=CCC(c2ccc3c(c2)Cc2ccccc2-3)=C1)N(C)C. The van der Waals surface area contributed by atoms with Crippen LogP contribution < -0.4 is 0 Å². The largest absolute Gasteiger partial charge is 0.303 e. The van der Waals surface area contributed by atoms with Gasteiger partial charge in [-0.2, -0.15) is 0 Å². The zero-order valence-electron chi connectivity index (χ0n) is 14.1. The molecule has 0 aliphatic heterocycles. The molecule has 0 aromatic heterocycles. The molecule has 1 nitrogen and oxygen atoms in total. The van der Waals surface area contributed by atoms with Crippen LogP contribution in [0.25, 0.3) is 16.7 Å². The van der Waals surface area contributed by atoms with E-state index in [4.69, 9.17) is 0 Å². The third-order valence-electron chi connectivity index (χ3n) is 5.32. The van der Waals surface area contributed by atoms with Crippen LogP contribution in [0.15, 0.2) is 60.2 Å². The molecule has 116 valence electrons. The van der Waals surface area contributed by atoms with E-state index in [1.807, 2.05) is 0 Å². The lowest BCUT2D eigenvalue weighted by Crippen LogP contribution is -2.25. The summed E-state index contributed by atoms with van der Waals surface area (Å²) in [5.74, 6) is 0. The number of rotatable bonds is 3. The highest BCUT2D eigenvalue weighted by Gasteiger charge is 2.20. The number of allylic oxidation sites excluding steroid dienone is 2. The van der Waals surface area contributed by atoms with Gasteiger partial charge in [0.25, 0.3) is 0 Å². The fourth-order valence-corrected chi connectivity index (χ4v) is 3.68. The average Bonchev–Trinajstić information content (AvgIpc) is 3.18. The molecule has 0 amide bonds. The van der Waals surface area contributed by atoms with Crippen molar-refractivity contribution < 1.29 is 0 Å². The van der Waals surface area contributed by atoms with E-state index in [2.05, 4.69) is 80.5 Å². The van der Waals surface area contributed by atoms with Gasteiger partial charge in [-0.1, -0.05) is 54.6 Å². The molecule has 1 heteroatoms. The number of nitrogens with zero attached hydrogens (tertiary/aromatic N) is 1. The molecule has 1 atom stereocenters.